The van der Waals surface area contributed by atoms with Gasteiger partial charge >= 0.3 is 0 Å². The first-order chi connectivity index (χ1) is 14.0. The van der Waals surface area contributed by atoms with E-state index in [0.29, 0.717) is 10.6 Å². The molecule has 0 radical (unpaired) electrons. The van der Waals surface area contributed by atoms with Gasteiger partial charge in [-0.15, -0.1) is 0 Å². The molecule has 3 rings (SSSR count). The summed E-state index contributed by atoms with van der Waals surface area (Å²) in [5, 5.41) is 22.7. The molecule has 0 spiro atoms. The molecule has 1 heterocycles. The fraction of sp³-hybridized carbons (Fsp3) is 0.0500. The number of nitro groups is 1. The third-order valence-electron chi connectivity index (χ3n) is 3.85. The van der Waals surface area contributed by atoms with Crippen LogP contribution in [0.2, 0.25) is 5.02 Å². The Balaban J connectivity index is 1.90. The number of anilines is 1. The van der Waals surface area contributed by atoms with Crippen molar-refractivity contribution in [3.63, 3.8) is 0 Å². The van der Waals surface area contributed by atoms with Crippen LogP contribution >= 0.6 is 23.4 Å². The number of pyridine rings is 1. The number of hydrogen-bond acceptors (Lipinski definition) is 6. The average molecular weight is 425 g/mol. The topological polar surface area (TPSA) is 109 Å². The van der Waals surface area contributed by atoms with Gasteiger partial charge in [0.05, 0.1) is 21.6 Å². The number of nitrogens with zero attached hydrogens (tertiary/aromatic N) is 3. The predicted octanol–water partition coefficient (Wildman–Crippen LogP) is 4.99. The summed E-state index contributed by atoms with van der Waals surface area (Å²) >= 11 is 7.01. The summed E-state index contributed by atoms with van der Waals surface area (Å²) in [4.78, 5) is 27.7. The molecule has 2 aromatic carbocycles. The molecule has 0 saturated heterocycles. The molecule has 1 N–H and O–H groups in total. The van der Waals surface area contributed by atoms with Crippen LogP contribution in [0.15, 0.2) is 71.9 Å². The van der Waals surface area contributed by atoms with Gasteiger partial charge in [0.1, 0.15) is 10.3 Å². The van der Waals surface area contributed by atoms with E-state index in [2.05, 4.69) is 10.3 Å². The van der Waals surface area contributed by atoms with Crippen molar-refractivity contribution >= 4 is 40.6 Å². The van der Waals surface area contributed by atoms with Gasteiger partial charge in [0, 0.05) is 18.0 Å². The lowest BCUT2D eigenvalue weighted by Crippen LogP contribution is -2.19. The highest BCUT2D eigenvalue weighted by molar-refractivity contribution is 8.00. The molecule has 29 heavy (non-hydrogen) atoms. The monoisotopic (exact) mass is 424 g/mol. The third-order valence-corrected chi connectivity index (χ3v) is 5.36. The second-order valence-electron chi connectivity index (χ2n) is 5.82. The molecule has 1 atom stereocenters. The standard InChI is InChI=1S/C20H13ClN4O3S/c21-16-7-6-15(11-17(16)25(27)28)24-20(26)19(14-4-2-1-3-5-14)29-18-10-13(12-22)8-9-23-18/h1-11,19H,(H,24,26). The summed E-state index contributed by atoms with van der Waals surface area (Å²) in [6.45, 7) is 0. The van der Waals surface area contributed by atoms with Crippen molar-refractivity contribution in [3.05, 3.63) is 93.1 Å². The van der Waals surface area contributed by atoms with Gasteiger partial charge in [0.2, 0.25) is 5.91 Å². The Kier molecular flexibility index (Phi) is 6.44. The van der Waals surface area contributed by atoms with Crippen LogP contribution < -0.4 is 5.32 Å². The highest BCUT2D eigenvalue weighted by atomic mass is 35.5. The SMILES string of the molecule is N#Cc1ccnc(SC(C(=O)Nc2ccc(Cl)c([N+](=O)[O-])c2)c2ccccc2)c1. The van der Waals surface area contributed by atoms with Gasteiger partial charge in [-0.05, 0) is 29.8 Å². The van der Waals surface area contributed by atoms with E-state index < -0.39 is 10.2 Å². The summed E-state index contributed by atoms with van der Waals surface area (Å²) < 4.78 is 0. The van der Waals surface area contributed by atoms with E-state index in [0.717, 1.165) is 5.56 Å². The maximum atomic E-state index is 13.0. The van der Waals surface area contributed by atoms with Crippen molar-refractivity contribution in [1.29, 1.82) is 5.26 Å². The van der Waals surface area contributed by atoms with Crippen molar-refractivity contribution in [3.8, 4) is 6.07 Å². The van der Waals surface area contributed by atoms with Gasteiger partial charge in [-0.25, -0.2) is 4.98 Å². The van der Waals surface area contributed by atoms with E-state index in [1.54, 1.807) is 24.3 Å². The van der Waals surface area contributed by atoms with Gasteiger partial charge < -0.3 is 5.32 Å². The van der Waals surface area contributed by atoms with Crippen LogP contribution in [0.25, 0.3) is 0 Å². The molecule has 0 aliphatic carbocycles. The number of thioether (sulfide) groups is 1. The number of aromatic nitrogens is 1. The van der Waals surface area contributed by atoms with E-state index in [1.165, 1.54) is 36.2 Å². The highest BCUT2D eigenvalue weighted by Gasteiger charge is 2.24. The van der Waals surface area contributed by atoms with Crippen LogP contribution in [-0.4, -0.2) is 15.8 Å². The van der Waals surface area contributed by atoms with Crippen LogP contribution in [0.5, 0.6) is 0 Å². The number of benzene rings is 2. The van der Waals surface area contributed by atoms with Crippen LogP contribution in [0.1, 0.15) is 16.4 Å². The molecular formula is C20H13ClN4O3S. The molecule has 0 bridgehead atoms. The molecule has 9 heteroatoms. The quantitative estimate of drug-likeness (QED) is 0.339. The maximum absolute atomic E-state index is 13.0. The number of nitrogens with one attached hydrogen (secondary N) is 1. The van der Waals surface area contributed by atoms with E-state index in [4.69, 9.17) is 16.9 Å². The summed E-state index contributed by atoms with van der Waals surface area (Å²) in [6.07, 6.45) is 1.50. The molecule has 0 aliphatic heterocycles. The lowest BCUT2D eigenvalue weighted by molar-refractivity contribution is -0.384. The maximum Gasteiger partial charge on any atom is 0.289 e. The summed E-state index contributed by atoms with van der Waals surface area (Å²) in [7, 11) is 0. The second-order valence-corrected chi connectivity index (χ2v) is 7.35. The molecule has 1 amide bonds. The molecule has 1 aromatic heterocycles. The number of carbonyl (C=O) groups is 1. The summed E-state index contributed by atoms with van der Waals surface area (Å²) in [5.41, 5.74) is 1.12. The number of halogens is 1. The molecule has 0 aliphatic rings. The minimum absolute atomic E-state index is 0.0144. The van der Waals surface area contributed by atoms with Crippen LogP contribution in [-0.2, 0) is 4.79 Å². The number of hydrogen-bond donors (Lipinski definition) is 1. The predicted molar refractivity (Wildman–Crippen MR) is 111 cm³/mol. The highest BCUT2D eigenvalue weighted by Crippen LogP contribution is 2.36. The van der Waals surface area contributed by atoms with Gasteiger partial charge in [-0.1, -0.05) is 53.7 Å². The van der Waals surface area contributed by atoms with Crippen molar-refractivity contribution in [1.82, 2.24) is 4.98 Å². The number of nitro benzene ring substituents is 1. The molecule has 3 aromatic rings. The minimum atomic E-state index is -0.688. The van der Waals surface area contributed by atoms with Crippen molar-refractivity contribution in [2.75, 3.05) is 5.32 Å². The Labute approximate surface area is 175 Å². The molecule has 144 valence electrons. The molecule has 0 saturated carbocycles. The Morgan fingerprint density at radius 2 is 1.97 bits per heavy atom. The van der Waals surface area contributed by atoms with Crippen LogP contribution in [0.3, 0.4) is 0 Å². The Hall–Kier alpha value is -3.41. The van der Waals surface area contributed by atoms with Gasteiger partial charge in [-0.3, -0.25) is 14.9 Å². The Bertz CT molecular complexity index is 1100. The second kappa shape index (κ2) is 9.19. The summed E-state index contributed by atoms with van der Waals surface area (Å²) in [6, 6.07) is 18.3. The average Bonchev–Trinajstić information content (AvgIpc) is 2.74. The summed E-state index contributed by atoms with van der Waals surface area (Å²) in [5.74, 6) is -0.387. The Morgan fingerprint density at radius 1 is 1.21 bits per heavy atom. The van der Waals surface area contributed by atoms with Gasteiger partial charge in [0.25, 0.3) is 5.69 Å². The van der Waals surface area contributed by atoms with Gasteiger partial charge in [-0.2, -0.15) is 5.26 Å². The number of amides is 1. The molecular weight excluding hydrogens is 412 g/mol. The number of rotatable bonds is 6. The minimum Gasteiger partial charge on any atom is -0.325 e. The van der Waals surface area contributed by atoms with E-state index >= 15 is 0 Å². The zero-order valence-corrected chi connectivity index (χ0v) is 16.4. The normalized spacial score (nSPS) is 11.3. The van der Waals surface area contributed by atoms with Crippen LogP contribution in [0, 0.1) is 21.4 Å². The smallest absolute Gasteiger partial charge is 0.289 e. The number of carbonyl (C=O) groups excluding carboxylic acids is 1. The van der Waals surface area contributed by atoms with Gasteiger partial charge in [0.15, 0.2) is 0 Å². The fourth-order valence-electron chi connectivity index (χ4n) is 2.50. The Morgan fingerprint density at radius 3 is 2.66 bits per heavy atom. The number of nitriles is 1. The van der Waals surface area contributed by atoms with Crippen molar-refractivity contribution in [2.45, 2.75) is 10.3 Å². The van der Waals surface area contributed by atoms with E-state index in [9.17, 15) is 14.9 Å². The van der Waals surface area contributed by atoms with E-state index in [-0.39, 0.29) is 22.3 Å². The zero-order valence-electron chi connectivity index (χ0n) is 14.8. The lowest BCUT2D eigenvalue weighted by Gasteiger charge is -2.17. The zero-order chi connectivity index (χ0) is 20.8. The van der Waals surface area contributed by atoms with Crippen LogP contribution in [0.4, 0.5) is 11.4 Å². The fourth-order valence-corrected chi connectivity index (χ4v) is 3.71. The first-order valence-electron chi connectivity index (χ1n) is 8.30. The first-order valence-corrected chi connectivity index (χ1v) is 9.56. The largest absolute Gasteiger partial charge is 0.325 e. The molecule has 0 fully saturated rings. The van der Waals surface area contributed by atoms with E-state index in [1.807, 2.05) is 24.3 Å². The third kappa shape index (κ3) is 5.10. The molecule has 1 unspecified atom stereocenters. The molecule has 7 nitrogen and oxygen atoms in total. The van der Waals surface area contributed by atoms with Crippen molar-refractivity contribution in [2.24, 2.45) is 0 Å². The first kappa shape index (κ1) is 20.3. The lowest BCUT2D eigenvalue weighted by atomic mass is 10.1. The van der Waals surface area contributed by atoms with Crippen molar-refractivity contribution < 1.29 is 9.72 Å².